The van der Waals surface area contributed by atoms with Gasteiger partial charge in [-0.15, -0.1) is 0 Å². The van der Waals surface area contributed by atoms with Crippen molar-refractivity contribution < 1.29 is 17.4 Å². The van der Waals surface area contributed by atoms with Crippen LogP contribution in [0, 0.1) is 6.92 Å². The monoisotopic (exact) mass is 236 g/mol. The maximum Gasteiger partial charge on any atom is 0.393 e. The van der Waals surface area contributed by atoms with Crippen molar-refractivity contribution in [1.82, 2.24) is 0 Å². The van der Waals surface area contributed by atoms with Crippen molar-refractivity contribution in [3.8, 4) is 0 Å². The highest BCUT2D eigenvalue weighted by Crippen LogP contribution is 2.25. The number of rotatable bonds is 2. The van der Waals surface area contributed by atoms with Gasteiger partial charge in [0.25, 0.3) is 0 Å². The van der Waals surface area contributed by atoms with Gasteiger partial charge in [0.15, 0.2) is 0 Å². The van der Waals surface area contributed by atoms with Crippen LogP contribution in [0.5, 0.6) is 0 Å². The maximum atomic E-state index is 12.2. The SMILES string of the molecule is Cc1ccc(CC(F)(F)F)c(S(C)=O)c1. The molecule has 1 aromatic carbocycles. The van der Waals surface area contributed by atoms with E-state index in [1.807, 2.05) is 0 Å². The van der Waals surface area contributed by atoms with Gasteiger partial charge in [-0.05, 0) is 24.1 Å². The second-order valence-corrected chi connectivity index (χ2v) is 4.71. The topological polar surface area (TPSA) is 17.1 Å². The highest BCUT2D eigenvalue weighted by molar-refractivity contribution is 7.84. The zero-order chi connectivity index (χ0) is 11.6. The molecule has 0 radical (unpaired) electrons. The summed E-state index contributed by atoms with van der Waals surface area (Å²) < 4.78 is 47.8. The number of hydrogen-bond acceptors (Lipinski definition) is 1. The minimum absolute atomic E-state index is 0.0916. The Morgan fingerprint density at radius 1 is 1.33 bits per heavy atom. The van der Waals surface area contributed by atoms with Crippen molar-refractivity contribution in [2.75, 3.05) is 6.26 Å². The van der Waals surface area contributed by atoms with Crippen LogP contribution in [0.25, 0.3) is 0 Å². The number of hydrogen-bond donors (Lipinski definition) is 0. The molecule has 0 fully saturated rings. The number of alkyl halides is 3. The molecule has 84 valence electrons. The Hall–Kier alpha value is -0.840. The van der Waals surface area contributed by atoms with E-state index in [9.17, 15) is 17.4 Å². The third-order valence-corrected chi connectivity index (χ3v) is 2.92. The fraction of sp³-hybridized carbons (Fsp3) is 0.400. The lowest BCUT2D eigenvalue weighted by Gasteiger charge is -2.10. The van der Waals surface area contributed by atoms with Crippen LogP contribution in [0.4, 0.5) is 13.2 Å². The van der Waals surface area contributed by atoms with E-state index in [-0.39, 0.29) is 10.5 Å². The molecule has 1 atom stereocenters. The molecule has 0 aromatic heterocycles. The predicted octanol–water partition coefficient (Wildman–Crippen LogP) is 2.84. The molecule has 15 heavy (non-hydrogen) atoms. The zero-order valence-corrected chi connectivity index (χ0v) is 9.21. The van der Waals surface area contributed by atoms with E-state index in [4.69, 9.17) is 0 Å². The van der Waals surface area contributed by atoms with Gasteiger partial charge in [-0.2, -0.15) is 13.2 Å². The fourth-order valence-electron chi connectivity index (χ4n) is 1.29. The zero-order valence-electron chi connectivity index (χ0n) is 8.39. The van der Waals surface area contributed by atoms with Crippen molar-refractivity contribution in [3.63, 3.8) is 0 Å². The lowest BCUT2D eigenvalue weighted by Crippen LogP contribution is -2.13. The van der Waals surface area contributed by atoms with E-state index < -0.39 is 23.4 Å². The van der Waals surface area contributed by atoms with E-state index in [2.05, 4.69) is 0 Å². The van der Waals surface area contributed by atoms with Crippen molar-refractivity contribution in [3.05, 3.63) is 29.3 Å². The maximum absolute atomic E-state index is 12.2. The first-order valence-electron chi connectivity index (χ1n) is 4.29. The smallest absolute Gasteiger partial charge is 0.255 e. The Labute approximate surface area is 88.8 Å². The second kappa shape index (κ2) is 4.35. The first-order valence-corrected chi connectivity index (χ1v) is 5.85. The standard InChI is InChI=1S/C10H11F3OS/c1-7-3-4-8(6-10(11,12)13)9(5-7)15(2)14/h3-5H,6H2,1-2H3. The molecule has 5 heteroatoms. The van der Waals surface area contributed by atoms with Crippen molar-refractivity contribution in [2.24, 2.45) is 0 Å². The number of aryl methyl sites for hydroxylation is 1. The van der Waals surface area contributed by atoms with Gasteiger partial charge in [-0.3, -0.25) is 4.21 Å². The van der Waals surface area contributed by atoms with E-state index in [1.54, 1.807) is 13.0 Å². The summed E-state index contributed by atoms with van der Waals surface area (Å²) in [7, 11) is -1.39. The lowest BCUT2D eigenvalue weighted by molar-refractivity contribution is -0.127. The average molecular weight is 236 g/mol. The van der Waals surface area contributed by atoms with E-state index >= 15 is 0 Å². The summed E-state index contributed by atoms with van der Waals surface area (Å²) in [5.41, 5.74) is 0.903. The Morgan fingerprint density at radius 3 is 2.40 bits per heavy atom. The third-order valence-electron chi connectivity index (χ3n) is 1.92. The van der Waals surface area contributed by atoms with E-state index in [0.717, 1.165) is 5.56 Å². The van der Waals surface area contributed by atoms with Gasteiger partial charge in [0.1, 0.15) is 0 Å². The molecule has 0 amide bonds. The minimum atomic E-state index is -4.26. The van der Waals surface area contributed by atoms with Gasteiger partial charge in [-0.25, -0.2) is 0 Å². The molecule has 0 saturated heterocycles. The Balaban J connectivity index is 3.12. The van der Waals surface area contributed by atoms with E-state index in [0.29, 0.717) is 0 Å². The molecule has 0 aliphatic rings. The van der Waals surface area contributed by atoms with Gasteiger partial charge in [0.05, 0.1) is 17.2 Å². The van der Waals surface area contributed by atoms with Crippen LogP contribution in [0.15, 0.2) is 23.1 Å². The normalized spacial score (nSPS) is 13.9. The Morgan fingerprint density at radius 2 is 1.93 bits per heavy atom. The van der Waals surface area contributed by atoms with Gasteiger partial charge in [-0.1, -0.05) is 12.1 Å². The van der Waals surface area contributed by atoms with Crippen LogP contribution >= 0.6 is 0 Å². The van der Waals surface area contributed by atoms with E-state index in [1.165, 1.54) is 18.4 Å². The molecule has 1 nitrogen and oxygen atoms in total. The first-order chi connectivity index (χ1) is 6.79. The average Bonchev–Trinajstić information content (AvgIpc) is 2.05. The van der Waals surface area contributed by atoms with Crippen LogP contribution in [0.2, 0.25) is 0 Å². The molecule has 0 aliphatic carbocycles. The van der Waals surface area contributed by atoms with Crippen molar-refractivity contribution in [2.45, 2.75) is 24.4 Å². The van der Waals surface area contributed by atoms with Crippen LogP contribution in [0.1, 0.15) is 11.1 Å². The molecule has 0 spiro atoms. The Bertz CT molecular complexity index is 385. The summed E-state index contributed by atoms with van der Waals surface area (Å²) >= 11 is 0. The molecule has 1 aromatic rings. The molecule has 0 saturated carbocycles. The molecule has 1 rings (SSSR count). The first kappa shape index (κ1) is 12.2. The molecule has 0 bridgehead atoms. The van der Waals surface area contributed by atoms with Gasteiger partial charge in [0, 0.05) is 11.2 Å². The fourth-order valence-corrected chi connectivity index (χ4v) is 2.15. The molecule has 0 N–H and O–H groups in total. The van der Waals surface area contributed by atoms with Crippen molar-refractivity contribution >= 4 is 10.8 Å². The largest absolute Gasteiger partial charge is 0.393 e. The molecule has 1 unspecified atom stereocenters. The third kappa shape index (κ3) is 3.66. The van der Waals surface area contributed by atoms with Crippen LogP contribution < -0.4 is 0 Å². The summed E-state index contributed by atoms with van der Waals surface area (Å²) in [5, 5.41) is 0. The van der Waals surface area contributed by atoms with Crippen LogP contribution in [-0.4, -0.2) is 16.6 Å². The lowest BCUT2D eigenvalue weighted by atomic mass is 10.1. The number of benzene rings is 1. The summed E-state index contributed by atoms with van der Waals surface area (Å²) in [6, 6.07) is 4.52. The van der Waals surface area contributed by atoms with Gasteiger partial charge in [0.2, 0.25) is 0 Å². The van der Waals surface area contributed by atoms with Gasteiger partial charge >= 0.3 is 6.18 Å². The summed E-state index contributed by atoms with van der Waals surface area (Å²) in [6.07, 6.45) is -3.90. The highest BCUT2D eigenvalue weighted by Gasteiger charge is 2.29. The summed E-state index contributed by atoms with van der Waals surface area (Å²) in [5.74, 6) is 0. The Kier molecular flexibility index (Phi) is 3.54. The summed E-state index contributed by atoms with van der Waals surface area (Å²) in [4.78, 5) is 0.271. The molecular formula is C10H11F3OS. The second-order valence-electron chi connectivity index (χ2n) is 3.36. The van der Waals surface area contributed by atoms with Crippen LogP contribution in [-0.2, 0) is 17.2 Å². The minimum Gasteiger partial charge on any atom is -0.255 e. The predicted molar refractivity (Wildman–Crippen MR) is 53.3 cm³/mol. The quantitative estimate of drug-likeness (QED) is 0.771. The number of halogens is 3. The molecule has 0 heterocycles. The van der Waals surface area contributed by atoms with Gasteiger partial charge < -0.3 is 0 Å². The summed E-state index contributed by atoms with van der Waals surface area (Å²) in [6.45, 7) is 1.76. The van der Waals surface area contributed by atoms with Crippen LogP contribution in [0.3, 0.4) is 0 Å². The van der Waals surface area contributed by atoms with Crippen molar-refractivity contribution in [1.29, 1.82) is 0 Å². The highest BCUT2D eigenvalue weighted by atomic mass is 32.2. The molecule has 0 aliphatic heterocycles. The molecular weight excluding hydrogens is 225 g/mol.